The molecule has 0 spiro atoms. The van der Waals surface area contributed by atoms with Gasteiger partial charge in [-0.2, -0.15) is 0 Å². The molecule has 70 valence electrons. The molecule has 0 saturated carbocycles. The quantitative estimate of drug-likeness (QED) is 0.538. The average molecular weight is 186 g/mol. The molecule has 2 N–H and O–H groups in total. The summed E-state index contributed by atoms with van der Waals surface area (Å²) in [6, 6.07) is 8.05. The van der Waals surface area contributed by atoms with E-state index in [0.717, 1.165) is 22.5 Å². The monoisotopic (exact) mass is 186 g/mol. The summed E-state index contributed by atoms with van der Waals surface area (Å²) in [5, 5.41) is 0. The van der Waals surface area contributed by atoms with Gasteiger partial charge in [-0.25, -0.2) is 9.66 Å². The van der Waals surface area contributed by atoms with Crippen molar-refractivity contribution in [1.82, 2.24) is 14.1 Å². The van der Waals surface area contributed by atoms with E-state index >= 15 is 0 Å². The zero-order chi connectivity index (χ0) is 9.71. The van der Waals surface area contributed by atoms with Crippen LogP contribution in [0, 0.1) is 6.92 Å². The summed E-state index contributed by atoms with van der Waals surface area (Å²) in [5.41, 5.74) is 3.00. The molecule has 3 heterocycles. The number of pyridine rings is 1. The SMILES string of the molecule is Cc1nc2cc3ccccn3c2n1N. The maximum atomic E-state index is 5.88. The zero-order valence-corrected chi connectivity index (χ0v) is 7.81. The fourth-order valence-corrected chi connectivity index (χ4v) is 1.80. The Morgan fingerprint density at radius 3 is 3.07 bits per heavy atom. The maximum Gasteiger partial charge on any atom is 0.163 e. The van der Waals surface area contributed by atoms with E-state index in [2.05, 4.69) is 4.98 Å². The number of nitrogens with zero attached hydrogens (tertiary/aromatic N) is 3. The van der Waals surface area contributed by atoms with E-state index in [1.54, 1.807) is 4.68 Å². The Kier molecular flexibility index (Phi) is 1.21. The third-order valence-corrected chi connectivity index (χ3v) is 2.49. The van der Waals surface area contributed by atoms with Crippen LogP contribution in [0.3, 0.4) is 0 Å². The summed E-state index contributed by atoms with van der Waals surface area (Å²) in [6.07, 6.45) is 1.99. The Labute approximate surface area is 80.5 Å². The summed E-state index contributed by atoms with van der Waals surface area (Å²) in [4.78, 5) is 4.37. The van der Waals surface area contributed by atoms with Crippen LogP contribution >= 0.6 is 0 Å². The van der Waals surface area contributed by atoms with Crippen molar-refractivity contribution < 1.29 is 0 Å². The molecular formula is C10H10N4. The van der Waals surface area contributed by atoms with Gasteiger partial charge in [0.1, 0.15) is 11.3 Å². The molecule has 0 radical (unpaired) electrons. The van der Waals surface area contributed by atoms with Gasteiger partial charge in [0, 0.05) is 11.7 Å². The van der Waals surface area contributed by atoms with Crippen molar-refractivity contribution in [3.63, 3.8) is 0 Å². The minimum Gasteiger partial charge on any atom is -0.336 e. The van der Waals surface area contributed by atoms with Crippen molar-refractivity contribution in [2.75, 3.05) is 5.84 Å². The van der Waals surface area contributed by atoms with Crippen LogP contribution in [0.1, 0.15) is 5.82 Å². The Bertz CT molecular complexity index is 617. The molecule has 4 heteroatoms. The van der Waals surface area contributed by atoms with Gasteiger partial charge in [0.15, 0.2) is 5.65 Å². The number of rotatable bonds is 0. The first kappa shape index (κ1) is 7.44. The van der Waals surface area contributed by atoms with Gasteiger partial charge in [0.05, 0.1) is 0 Å². The van der Waals surface area contributed by atoms with Crippen LogP contribution in [0.15, 0.2) is 30.5 Å². The standard InChI is InChI=1S/C10H10N4/c1-7-12-9-6-8-4-2-3-5-13(8)10(9)14(7)11/h2-6H,11H2,1H3. The molecule has 3 aromatic rings. The second-order valence-electron chi connectivity index (χ2n) is 3.38. The summed E-state index contributed by atoms with van der Waals surface area (Å²) in [7, 11) is 0. The van der Waals surface area contributed by atoms with E-state index < -0.39 is 0 Å². The molecule has 0 unspecified atom stereocenters. The van der Waals surface area contributed by atoms with Gasteiger partial charge in [-0.15, -0.1) is 0 Å². The number of fused-ring (bicyclic) bond motifs is 3. The average Bonchev–Trinajstić information content (AvgIpc) is 2.65. The van der Waals surface area contributed by atoms with Gasteiger partial charge in [-0.3, -0.25) is 4.40 Å². The van der Waals surface area contributed by atoms with Crippen LogP contribution in [0.5, 0.6) is 0 Å². The Morgan fingerprint density at radius 1 is 1.36 bits per heavy atom. The first-order valence-corrected chi connectivity index (χ1v) is 4.47. The largest absolute Gasteiger partial charge is 0.336 e. The highest BCUT2D eigenvalue weighted by Crippen LogP contribution is 2.18. The molecule has 0 amide bonds. The second-order valence-corrected chi connectivity index (χ2v) is 3.38. The second kappa shape index (κ2) is 2.29. The van der Waals surface area contributed by atoms with Gasteiger partial charge in [-0.1, -0.05) is 6.07 Å². The van der Waals surface area contributed by atoms with Crippen molar-refractivity contribution in [2.24, 2.45) is 0 Å². The molecule has 4 nitrogen and oxygen atoms in total. The van der Waals surface area contributed by atoms with Crippen LogP contribution in [-0.2, 0) is 0 Å². The predicted molar refractivity (Wildman–Crippen MR) is 55.6 cm³/mol. The Morgan fingerprint density at radius 2 is 2.21 bits per heavy atom. The molecular weight excluding hydrogens is 176 g/mol. The lowest BCUT2D eigenvalue weighted by Crippen LogP contribution is -2.11. The van der Waals surface area contributed by atoms with Crippen LogP contribution in [-0.4, -0.2) is 14.1 Å². The van der Waals surface area contributed by atoms with E-state index in [9.17, 15) is 0 Å². The molecule has 0 aliphatic carbocycles. The summed E-state index contributed by atoms with van der Waals surface area (Å²) >= 11 is 0. The maximum absolute atomic E-state index is 5.88. The summed E-state index contributed by atoms with van der Waals surface area (Å²) < 4.78 is 3.65. The molecule has 0 bridgehead atoms. The molecule has 0 fully saturated rings. The van der Waals surface area contributed by atoms with Crippen molar-refractivity contribution in [1.29, 1.82) is 0 Å². The van der Waals surface area contributed by atoms with E-state index in [4.69, 9.17) is 5.84 Å². The van der Waals surface area contributed by atoms with Crippen LogP contribution < -0.4 is 5.84 Å². The molecule has 3 aromatic heterocycles. The van der Waals surface area contributed by atoms with E-state index in [0.29, 0.717) is 0 Å². The molecule has 14 heavy (non-hydrogen) atoms. The van der Waals surface area contributed by atoms with Crippen molar-refractivity contribution in [2.45, 2.75) is 6.92 Å². The highest BCUT2D eigenvalue weighted by atomic mass is 15.4. The molecule has 0 aliphatic rings. The van der Waals surface area contributed by atoms with Crippen LogP contribution in [0.4, 0.5) is 0 Å². The van der Waals surface area contributed by atoms with Crippen LogP contribution in [0.25, 0.3) is 16.7 Å². The first-order chi connectivity index (χ1) is 6.77. The van der Waals surface area contributed by atoms with Gasteiger partial charge >= 0.3 is 0 Å². The fourth-order valence-electron chi connectivity index (χ4n) is 1.80. The lowest BCUT2D eigenvalue weighted by molar-refractivity contribution is 0.930. The fraction of sp³-hybridized carbons (Fsp3) is 0.100. The van der Waals surface area contributed by atoms with Gasteiger partial charge in [0.25, 0.3) is 0 Å². The van der Waals surface area contributed by atoms with Crippen LogP contribution in [0.2, 0.25) is 0 Å². The normalized spacial score (nSPS) is 11.5. The number of nitrogens with two attached hydrogens (primary N) is 1. The minimum absolute atomic E-state index is 0.827. The van der Waals surface area contributed by atoms with Crippen molar-refractivity contribution in [3.05, 3.63) is 36.3 Å². The number of aromatic nitrogens is 3. The zero-order valence-electron chi connectivity index (χ0n) is 7.81. The third kappa shape index (κ3) is 0.750. The molecule has 0 atom stereocenters. The number of hydrogen-bond acceptors (Lipinski definition) is 2. The smallest absolute Gasteiger partial charge is 0.163 e. The van der Waals surface area contributed by atoms with Crippen molar-refractivity contribution >= 4 is 16.7 Å². The summed E-state index contributed by atoms with van der Waals surface area (Å²) in [6.45, 7) is 1.90. The lowest BCUT2D eigenvalue weighted by atomic mass is 10.4. The molecule has 0 aliphatic heterocycles. The topological polar surface area (TPSA) is 48.2 Å². The summed E-state index contributed by atoms with van der Waals surface area (Å²) in [5.74, 6) is 6.71. The number of imidazole rings is 1. The highest BCUT2D eigenvalue weighted by Gasteiger charge is 2.09. The van der Waals surface area contributed by atoms with Gasteiger partial charge in [0.2, 0.25) is 0 Å². The van der Waals surface area contributed by atoms with E-state index in [1.165, 1.54) is 0 Å². The third-order valence-electron chi connectivity index (χ3n) is 2.49. The molecule has 0 saturated heterocycles. The minimum atomic E-state index is 0.827. The van der Waals surface area contributed by atoms with Gasteiger partial charge in [-0.05, 0) is 25.1 Å². The lowest BCUT2D eigenvalue weighted by Gasteiger charge is -1.98. The molecule has 3 rings (SSSR count). The number of aryl methyl sites for hydroxylation is 1. The predicted octanol–water partition coefficient (Wildman–Crippen LogP) is 1.31. The highest BCUT2D eigenvalue weighted by molar-refractivity contribution is 5.82. The van der Waals surface area contributed by atoms with E-state index in [-0.39, 0.29) is 0 Å². The number of nitrogen functional groups attached to an aromatic ring is 1. The number of hydrogen-bond donors (Lipinski definition) is 1. The molecule has 0 aromatic carbocycles. The van der Waals surface area contributed by atoms with E-state index in [1.807, 2.05) is 41.8 Å². The van der Waals surface area contributed by atoms with Gasteiger partial charge < -0.3 is 5.84 Å². The first-order valence-electron chi connectivity index (χ1n) is 4.47. The van der Waals surface area contributed by atoms with Crippen molar-refractivity contribution in [3.8, 4) is 0 Å². The Hall–Kier alpha value is -1.97. The Balaban J connectivity index is 2.62.